The normalized spacial score (nSPS) is 19.9. The highest BCUT2D eigenvalue weighted by Gasteiger charge is 2.31. The van der Waals surface area contributed by atoms with E-state index in [1.54, 1.807) is 12.1 Å². The Morgan fingerprint density at radius 3 is 2.55 bits per heavy atom. The van der Waals surface area contributed by atoms with E-state index < -0.39 is 0 Å². The first kappa shape index (κ1) is 23.1. The molecule has 7 nitrogen and oxygen atoms in total. The van der Waals surface area contributed by atoms with Crippen molar-refractivity contribution in [3.05, 3.63) is 35.4 Å². The summed E-state index contributed by atoms with van der Waals surface area (Å²) >= 11 is 0. The van der Waals surface area contributed by atoms with Crippen LogP contribution in [-0.4, -0.2) is 62.1 Å². The van der Waals surface area contributed by atoms with Gasteiger partial charge in [-0.05, 0) is 50.3 Å². The minimum Gasteiger partial charge on any atom is -0.465 e. The lowest BCUT2D eigenvalue weighted by molar-refractivity contribution is -0.135. The molecule has 1 saturated heterocycles. The summed E-state index contributed by atoms with van der Waals surface area (Å²) in [6, 6.07) is 7.68. The molecule has 0 bridgehead atoms. The summed E-state index contributed by atoms with van der Waals surface area (Å²) in [7, 11) is 1.38. The van der Waals surface area contributed by atoms with Gasteiger partial charge in [0.2, 0.25) is 5.91 Å². The van der Waals surface area contributed by atoms with E-state index in [9.17, 15) is 9.59 Å². The van der Waals surface area contributed by atoms with Crippen molar-refractivity contribution in [1.29, 1.82) is 0 Å². The second-order valence-electron chi connectivity index (χ2n) is 8.45. The first-order chi connectivity index (χ1) is 15.1. The average molecular weight is 429 g/mol. The summed E-state index contributed by atoms with van der Waals surface area (Å²) in [5, 5.41) is 6.82. The maximum Gasteiger partial charge on any atom is 0.337 e. The van der Waals surface area contributed by atoms with E-state index in [1.807, 2.05) is 17.0 Å². The Labute approximate surface area is 185 Å². The highest BCUT2D eigenvalue weighted by Crippen LogP contribution is 2.26. The number of amides is 1. The summed E-state index contributed by atoms with van der Waals surface area (Å²) in [6.07, 6.45) is 7.50. The molecule has 2 N–H and O–H groups in total. The fourth-order valence-electron chi connectivity index (χ4n) is 4.42. The second kappa shape index (κ2) is 11.7. The van der Waals surface area contributed by atoms with E-state index in [-0.39, 0.29) is 17.9 Å². The molecule has 0 spiro atoms. The number of aliphatic imine (C=N–C) groups is 1. The van der Waals surface area contributed by atoms with Crippen LogP contribution >= 0.6 is 0 Å². The molecule has 0 aromatic heterocycles. The number of hydrogen-bond acceptors (Lipinski definition) is 4. The molecule has 1 atom stereocenters. The lowest BCUT2D eigenvalue weighted by Crippen LogP contribution is -2.45. The number of nitrogens with one attached hydrogen (secondary N) is 2. The molecule has 1 saturated carbocycles. The first-order valence-electron chi connectivity index (χ1n) is 11.6. The van der Waals surface area contributed by atoms with E-state index in [0.717, 1.165) is 56.8 Å². The van der Waals surface area contributed by atoms with Crippen molar-refractivity contribution >= 4 is 17.8 Å². The van der Waals surface area contributed by atoms with Crippen LogP contribution in [-0.2, 0) is 16.0 Å². The Bertz CT molecular complexity index is 757. The van der Waals surface area contributed by atoms with Crippen molar-refractivity contribution in [2.24, 2.45) is 10.9 Å². The molecular weight excluding hydrogens is 392 g/mol. The summed E-state index contributed by atoms with van der Waals surface area (Å²) in [5.41, 5.74) is 1.68. The third kappa shape index (κ3) is 6.71. The molecule has 1 aromatic carbocycles. The molecule has 1 amide bonds. The van der Waals surface area contributed by atoms with Crippen molar-refractivity contribution in [2.75, 3.05) is 33.3 Å². The fourth-order valence-corrected chi connectivity index (χ4v) is 4.42. The maximum atomic E-state index is 12.8. The van der Waals surface area contributed by atoms with Crippen molar-refractivity contribution in [2.45, 2.75) is 57.9 Å². The molecule has 1 aliphatic carbocycles. The van der Waals surface area contributed by atoms with Crippen LogP contribution in [0.15, 0.2) is 29.3 Å². The van der Waals surface area contributed by atoms with Crippen LogP contribution in [0.5, 0.6) is 0 Å². The predicted molar refractivity (Wildman–Crippen MR) is 122 cm³/mol. The average Bonchev–Trinajstić information content (AvgIpc) is 3.27. The fraction of sp³-hybridized carbons (Fsp3) is 0.625. The second-order valence-corrected chi connectivity index (χ2v) is 8.45. The molecule has 1 unspecified atom stereocenters. The number of esters is 1. The molecule has 3 rings (SSSR count). The van der Waals surface area contributed by atoms with Crippen LogP contribution in [0.3, 0.4) is 0 Å². The van der Waals surface area contributed by atoms with E-state index >= 15 is 0 Å². The van der Waals surface area contributed by atoms with Gasteiger partial charge >= 0.3 is 5.97 Å². The lowest BCUT2D eigenvalue weighted by Gasteiger charge is -2.26. The van der Waals surface area contributed by atoms with E-state index in [1.165, 1.54) is 26.4 Å². The van der Waals surface area contributed by atoms with Crippen LogP contribution in [0.1, 0.15) is 61.4 Å². The van der Waals surface area contributed by atoms with E-state index in [4.69, 9.17) is 9.73 Å². The third-order valence-corrected chi connectivity index (χ3v) is 6.18. The molecule has 1 aromatic rings. The number of benzene rings is 1. The Morgan fingerprint density at radius 1 is 1.13 bits per heavy atom. The highest BCUT2D eigenvalue weighted by molar-refractivity contribution is 5.89. The van der Waals surface area contributed by atoms with Crippen LogP contribution in [0.4, 0.5) is 0 Å². The Morgan fingerprint density at radius 2 is 1.87 bits per heavy atom. The summed E-state index contributed by atoms with van der Waals surface area (Å²) < 4.78 is 4.73. The third-order valence-electron chi connectivity index (χ3n) is 6.18. The number of nitrogens with zero attached hydrogens (tertiary/aromatic N) is 2. The van der Waals surface area contributed by atoms with Gasteiger partial charge in [-0.25, -0.2) is 4.79 Å². The van der Waals surface area contributed by atoms with Crippen LogP contribution < -0.4 is 10.6 Å². The quantitative estimate of drug-likeness (QED) is 0.396. The van der Waals surface area contributed by atoms with Gasteiger partial charge < -0.3 is 20.3 Å². The number of likely N-dealkylation sites (tertiary alicyclic amines) is 1. The van der Waals surface area contributed by atoms with Gasteiger partial charge in [0.25, 0.3) is 0 Å². The maximum absolute atomic E-state index is 12.8. The zero-order valence-electron chi connectivity index (χ0n) is 18.9. The number of methoxy groups -OCH3 is 1. The molecule has 7 heteroatoms. The molecule has 1 aliphatic heterocycles. The predicted octanol–water partition coefficient (Wildman–Crippen LogP) is 2.75. The number of rotatable bonds is 7. The molecule has 2 fully saturated rings. The van der Waals surface area contributed by atoms with Crippen LogP contribution in [0.2, 0.25) is 0 Å². The van der Waals surface area contributed by atoms with E-state index in [0.29, 0.717) is 18.0 Å². The van der Waals surface area contributed by atoms with Gasteiger partial charge in [-0.15, -0.1) is 0 Å². The van der Waals surface area contributed by atoms with Crippen LogP contribution in [0, 0.1) is 5.92 Å². The first-order valence-corrected chi connectivity index (χ1v) is 11.6. The van der Waals surface area contributed by atoms with Gasteiger partial charge in [-0.2, -0.15) is 0 Å². The summed E-state index contributed by atoms with van der Waals surface area (Å²) in [5.74, 6) is 1.06. The Kier molecular flexibility index (Phi) is 8.74. The number of guanidine groups is 1. The van der Waals surface area contributed by atoms with Crippen molar-refractivity contribution in [1.82, 2.24) is 15.5 Å². The molecule has 31 heavy (non-hydrogen) atoms. The van der Waals surface area contributed by atoms with Crippen LogP contribution in [0.25, 0.3) is 0 Å². The molecule has 170 valence electrons. The smallest absolute Gasteiger partial charge is 0.337 e. The Balaban J connectivity index is 1.48. The zero-order chi connectivity index (χ0) is 22.1. The summed E-state index contributed by atoms with van der Waals surface area (Å²) in [6.45, 7) is 5.07. The van der Waals surface area contributed by atoms with Gasteiger partial charge in [0, 0.05) is 38.1 Å². The van der Waals surface area contributed by atoms with Crippen molar-refractivity contribution in [3.63, 3.8) is 0 Å². The zero-order valence-corrected chi connectivity index (χ0v) is 18.9. The van der Waals surface area contributed by atoms with Crippen molar-refractivity contribution in [3.8, 4) is 0 Å². The van der Waals surface area contributed by atoms with E-state index in [2.05, 4.69) is 17.6 Å². The topological polar surface area (TPSA) is 83.0 Å². The minimum atomic E-state index is -0.323. The standard InChI is InChI=1S/C24H36N4O3/c1-3-25-24(26-15-13-18-9-11-20(12-10-18)23(30)31-2)27-21-14-16-28(17-21)22(29)19-7-5-4-6-8-19/h9-12,19,21H,3-8,13-17H2,1-2H3,(H2,25,26,27). The number of ether oxygens (including phenoxy) is 1. The number of carbonyl (C=O) groups excluding carboxylic acids is 2. The van der Waals surface area contributed by atoms with Gasteiger partial charge in [0.1, 0.15) is 0 Å². The molecular formula is C24H36N4O3. The summed E-state index contributed by atoms with van der Waals surface area (Å²) in [4.78, 5) is 31.1. The van der Waals surface area contributed by atoms with Gasteiger partial charge in [0.05, 0.1) is 12.7 Å². The number of hydrogen-bond donors (Lipinski definition) is 2. The minimum absolute atomic E-state index is 0.236. The van der Waals surface area contributed by atoms with Gasteiger partial charge in [-0.1, -0.05) is 31.4 Å². The van der Waals surface area contributed by atoms with Crippen molar-refractivity contribution < 1.29 is 14.3 Å². The van der Waals surface area contributed by atoms with Gasteiger partial charge in [-0.3, -0.25) is 9.79 Å². The molecule has 1 heterocycles. The lowest BCUT2D eigenvalue weighted by atomic mass is 9.88. The van der Waals surface area contributed by atoms with Gasteiger partial charge in [0.15, 0.2) is 5.96 Å². The molecule has 0 radical (unpaired) electrons. The monoisotopic (exact) mass is 428 g/mol. The Hall–Kier alpha value is -2.57. The SMILES string of the molecule is CCNC(=NCCc1ccc(C(=O)OC)cc1)NC1CCN(C(=O)C2CCCCC2)C1. The highest BCUT2D eigenvalue weighted by atomic mass is 16.5. The number of carbonyl (C=O) groups is 2. The largest absolute Gasteiger partial charge is 0.465 e. The molecule has 2 aliphatic rings.